The Morgan fingerprint density at radius 2 is 2.14 bits per heavy atom. The normalized spacial score (nSPS) is 11.1. The van der Waals surface area contributed by atoms with Crippen molar-refractivity contribution in [3.05, 3.63) is 40.8 Å². The molecule has 0 atom stereocenters. The van der Waals surface area contributed by atoms with Crippen LogP contribution < -0.4 is 5.43 Å². The first-order valence-electron chi connectivity index (χ1n) is 4.29. The minimum Gasteiger partial charge on any atom is -0.306 e. The minimum atomic E-state index is 0.0196. The minimum absolute atomic E-state index is 0.0196. The van der Waals surface area contributed by atoms with Gasteiger partial charge in [-0.1, -0.05) is 0 Å². The fourth-order valence-electron chi connectivity index (χ4n) is 1.63. The van der Waals surface area contributed by atoms with Gasteiger partial charge in [0.1, 0.15) is 0 Å². The molecule has 2 N–H and O–H groups in total. The fourth-order valence-corrected chi connectivity index (χ4v) is 1.63. The van der Waals surface area contributed by atoms with E-state index in [1.54, 1.807) is 24.4 Å². The summed E-state index contributed by atoms with van der Waals surface area (Å²) in [7, 11) is 0. The first-order chi connectivity index (χ1) is 6.84. The van der Waals surface area contributed by atoms with Crippen molar-refractivity contribution in [1.29, 1.82) is 0 Å². The summed E-state index contributed by atoms with van der Waals surface area (Å²) < 4.78 is 0. The Labute approximate surface area is 78.6 Å². The van der Waals surface area contributed by atoms with Gasteiger partial charge in [-0.05, 0) is 23.6 Å². The molecule has 14 heavy (non-hydrogen) atoms. The smallest absolute Gasteiger partial charge is 0.179 e. The molecule has 0 aliphatic carbocycles. The predicted octanol–water partition coefficient (Wildman–Crippen LogP) is 1.40. The molecule has 0 radical (unpaired) electrons. The SMILES string of the molecule is O=c1ccc2cnc3[nH][nH]cc3c2c1. The molecule has 0 bridgehead atoms. The molecule has 0 fully saturated rings. The first-order valence-corrected chi connectivity index (χ1v) is 4.29. The van der Waals surface area contributed by atoms with Crippen LogP contribution >= 0.6 is 0 Å². The Hall–Kier alpha value is -2.10. The van der Waals surface area contributed by atoms with Gasteiger partial charge in [0, 0.05) is 23.2 Å². The van der Waals surface area contributed by atoms with Crippen LogP contribution in [-0.4, -0.2) is 15.2 Å². The number of aromatic nitrogens is 3. The van der Waals surface area contributed by atoms with E-state index in [0.717, 1.165) is 21.8 Å². The monoisotopic (exact) mass is 185 g/mol. The summed E-state index contributed by atoms with van der Waals surface area (Å²) in [5.74, 6) is 0. The van der Waals surface area contributed by atoms with Gasteiger partial charge in [-0.3, -0.25) is 9.89 Å². The van der Waals surface area contributed by atoms with Crippen LogP contribution in [-0.2, 0) is 0 Å². The summed E-state index contributed by atoms with van der Waals surface area (Å²) >= 11 is 0. The number of rotatable bonds is 0. The van der Waals surface area contributed by atoms with Crippen molar-refractivity contribution in [1.82, 2.24) is 15.2 Å². The summed E-state index contributed by atoms with van der Waals surface area (Å²) in [5.41, 5.74) is 0.786. The van der Waals surface area contributed by atoms with Gasteiger partial charge >= 0.3 is 0 Å². The lowest BCUT2D eigenvalue weighted by Crippen LogP contribution is -1.94. The molecular weight excluding hydrogens is 178 g/mol. The van der Waals surface area contributed by atoms with E-state index in [-0.39, 0.29) is 5.43 Å². The molecule has 0 saturated carbocycles. The topological polar surface area (TPSA) is 61.5 Å². The fraction of sp³-hybridized carbons (Fsp3) is 0. The van der Waals surface area contributed by atoms with Crippen molar-refractivity contribution in [2.75, 3.05) is 0 Å². The highest BCUT2D eigenvalue weighted by molar-refractivity contribution is 6.03. The molecule has 0 unspecified atom stereocenters. The Kier molecular flexibility index (Phi) is 1.28. The van der Waals surface area contributed by atoms with E-state index in [1.807, 2.05) is 6.20 Å². The van der Waals surface area contributed by atoms with Crippen LogP contribution in [0.15, 0.2) is 35.4 Å². The molecule has 0 aliphatic heterocycles. The summed E-state index contributed by atoms with van der Waals surface area (Å²) in [5, 5.41) is 8.60. The number of hydrogen-bond acceptors (Lipinski definition) is 2. The van der Waals surface area contributed by atoms with E-state index >= 15 is 0 Å². The third-order valence-corrected chi connectivity index (χ3v) is 2.31. The second-order valence-corrected chi connectivity index (χ2v) is 3.18. The van der Waals surface area contributed by atoms with Crippen LogP contribution in [0, 0.1) is 0 Å². The Morgan fingerprint density at radius 3 is 3.07 bits per heavy atom. The summed E-state index contributed by atoms with van der Waals surface area (Å²) in [6.45, 7) is 0. The van der Waals surface area contributed by atoms with E-state index in [9.17, 15) is 4.79 Å². The molecule has 0 spiro atoms. The molecule has 4 heteroatoms. The lowest BCUT2D eigenvalue weighted by Gasteiger charge is -1.95. The number of hydrogen-bond donors (Lipinski definition) is 2. The average molecular weight is 185 g/mol. The van der Waals surface area contributed by atoms with Crippen LogP contribution in [0.25, 0.3) is 21.8 Å². The van der Waals surface area contributed by atoms with Gasteiger partial charge < -0.3 is 5.10 Å². The molecule has 68 valence electrons. The third-order valence-electron chi connectivity index (χ3n) is 2.31. The zero-order valence-corrected chi connectivity index (χ0v) is 7.24. The molecular formula is C10H7N3O. The van der Waals surface area contributed by atoms with Gasteiger partial charge in [-0.25, -0.2) is 4.98 Å². The van der Waals surface area contributed by atoms with Gasteiger partial charge in [-0.2, -0.15) is 0 Å². The van der Waals surface area contributed by atoms with Crippen LogP contribution in [0.2, 0.25) is 0 Å². The highest BCUT2D eigenvalue weighted by atomic mass is 16.1. The van der Waals surface area contributed by atoms with E-state index in [0.29, 0.717) is 0 Å². The lowest BCUT2D eigenvalue weighted by atomic mass is 10.1. The van der Waals surface area contributed by atoms with Crippen molar-refractivity contribution >= 4 is 21.8 Å². The molecule has 0 amide bonds. The molecule has 1 aromatic carbocycles. The van der Waals surface area contributed by atoms with Gasteiger partial charge in [0.05, 0.1) is 0 Å². The van der Waals surface area contributed by atoms with Crippen molar-refractivity contribution in [3.63, 3.8) is 0 Å². The van der Waals surface area contributed by atoms with Gasteiger partial charge in [0.25, 0.3) is 0 Å². The zero-order chi connectivity index (χ0) is 9.54. The molecule has 2 aromatic heterocycles. The van der Waals surface area contributed by atoms with E-state index < -0.39 is 0 Å². The van der Waals surface area contributed by atoms with E-state index in [1.165, 1.54) is 0 Å². The number of benzene rings is 1. The van der Waals surface area contributed by atoms with Crippen LogP contribution in [0.3, 0.4) is 0 Å². The zero-order valence-electron chi connectivity index (χ0n) is 7.24. The number of nitrogens with zero attached hydrogens (tertiary/aromatic N) is 1. The average Bonchev–Trinajstić information content (AvgIpc) is 2.65. The molecule has 3 rings (SSSR count). The van der Waals surface area contributed by atoms with Crippen molar-refractivity contribution in [3.8, 4) is 0 Å². The highest BCUT2D eigenvalue weighted by Gasteiger charge is 2.02. The predicted molar refractivity (Wildman–Crippen MR) is 54.2 cm³/mol. The van der Waals surface area contributed by atoms with Crippen molar-refractivity contribution < 1.29 is 0 Å². The Balaban J connectivity index is 2.66. The summed E-state index contributed by atoms with van der Waals surface area (Å²) in [4.78, 5) is 15.4. The van der Waals surface area contributed by atoms with Crippen molar-refractivity contribution in [2.24, 2.45) is 0 Å². The largest absolute Gasteiger partial charge is 0.306 e. The lowest BCUT2D eigenvalue weighted by molar-refractivity contribution is 1.10. The van der Waals surface area contributed by atoms with Crippen LogP contribution in [0.1, 0.15) is 0 Å². The highest BCUT2D eigenvalue weighted by Crippen LogP contribution is 2.19. The standard InChI is InChI=1S/C10H7N3O/c14-7-2-1-6-4-11-10-9(5-12-13-10)8(6)3-7/h1-5H,(H2,11,12,13). The molecule has 0 aliphatic rings. The first kappa shape index (κ1) is 7.32. The number of aromatic amines is 2. The molecule has 4 nitrogen and oxygen atoms in total. The van der Waals surface area contributed by atoms with Crippen LogP contribution in [0.5, 0.6) is 0 Å². The van der Waals surface area contributed by atoms with Crippen LogP contribution in [0.4, 0.5) is 0 Å². The number of pyridine rings is 1. The van der Waals surface area contributed by atoms with E-state index in [2.05, 4.69) is 15.2 Å². The summed E-state index contributed by atoms with van der Waals surface area (Å²) in [6, 6.07) is 4.96. The second-order valence-electron chi connectivity index (χ2n) is 3.18. The van der Waals surface area contributed by atoms with Crippen molar-refractivity contribution in [2.45, 2.75) is 0 Å². The number of fused-ring (bicyclic) bond motifs is 3. The molecule has 0 saturated heterocycles. The Morgan fingerprint density at radius 1 is 1.21 bits per heavy atom. The maximum Gasteiger partial charge on any atom is 0.179 e. The molecule has 3 aromatic rings. The number of nitrogens with one attached hydrogen (secondary N) is 2. The van der Waals surface area contributed by atoms with Gasteiger partial charge in [-0.15, -0.1) is 0 Å². The second kappa shape index (κ2) is 2.45. The van der Waals surface area contributed by atoms with Gasteiger partial charge in [0.15, 0.2) is 11.1 Å². The van der Waals surface area contributed by atoms with E-state index in [4.69, 9.17) is 0 Å². The summed E-state index contributed by atoms with van der Waals surface area (Å²) in [6.07, 6.45) is 3.56. The number of H-pyrrole nitrogens is 2. The maximum absolute atomic E-state index is 11.2. The quantitative estimate of drug-likeness (QED) is 0.556. The third kappa shape index (κ3) is 0.877. The Bertz CT molecular complexity index is 665. The van der Waals surface area contributed by atoms with Gasteiger partial charge in [0.2, 0.25) is 0 Å². The molecule has 2 heterocycles. The maximum atomic E-state index is 11.2.